The number of benzene rings is 1. The van der Waals surface area contributed by atoms with Crippen LogP contribution < -0.4 is 5.32 Å². The lowest BCUT2D eigenvalue weighted by Gasteiger charge is -2.19. The number of tetrazole rings is 1. The van der Waals surface area contributed by atoms with Crippen molar-refractivity contribution < 1.29 is 18.0 Å². The third-order valence-corrected chi connectivity index (χ3v) is 4.70. The lowest BCUT2D eigenvalue weighted by atomic mass is 10.0. The second-order valence-electron chi connectivity index (χ2n) is 6.37. The van der Waals surface area contributed by atoms with Crippen LogP contribution in [0.4, 0.5) is 13.2 Å². The summed E-state index contributed by atoms with van der Waals surface area (Å²) in [4.78, 5) is 12.4. The first-order chi connectivity index (χ1) is 11.4. The van der Waals surface area contributed by atoms with Gasteiger partial charge in [0.05, 0.1) is 11.1 Å². The lowest BCUT2D eigenvalue weighted by Crippen LogP contribution is -2.36. The number of nitrogens with zero attached hydrogens (tertiary/aromatic N) is 3. The molecular formula is C15H14F3N5O. The lowest BCUT2D eigenvalue weighted by molar-refractivity contribution is -0.137. The van der Waals surface area contributed by atoms with Crippen molar-refractivity contribution in [2.75, 3.05) is 0 Å². The maximum Gasteiger partial charge on any atom is 0.416 e. The van der Waals surface area contributed by atoms with Crippen LogP contribution >= 0.6 is 0 Å². The number of alkyl halides is 3. The summed E-state index contributed by atoms with van der Waals surface area (Å²) in [6.45, 7) is 0. The zero-order valence-electron chi connectivity index (χ0n) is 12.5. The number of amides is 1. The highest BCUT2D eigenvalue weighted by molar-refractivity contribution is 5.84. The maximum absolute atomic E-state index is 12.6. The predicted molar refractivity (Wildman–Crippen MR) is 75.5 cm³/mol. The summed E-state index contributed by atoms with van der Waals surface area (Å²) in [5.41, 5.74) is -0.514. The molecule has 9 heteroatoms. The van der Waals surface area contributed by atoms with E-state index >= 15 is 0 Å². The van der Waals surface area contributed by atoms with E-state index < -0.39 is 17.3 Å². The molecule has 1 heterocycles. The van der Waals surface area contributed by atoms with E-state index in [9.17, 15) is 18.0 Å². The summed E-state index contributed by atoms with van der Waals surface area (Å²) in [6.07, 6.45) is -2.24. The molecule has 0 bridgehead atoms. The quantitative estimate of drug-likeness (QED) is 0.895. The fraction of sp³-hybridized carbons (Fsp3) is 0.467. The number of hydrogen-bond acceptors (Lipinski definition) is 4. The smallest absolute Gasteiger partial charge is 0.346 e. The van der Waals surface area contributed by atoms with Crippen LogP contribution in [0.5, 0.6) is 0 Å². The van der Waals surface area contributed by atoms with Crippen LogP contribution in [-0.4, -0.2) is 26.5 Å². The Labute approximate surface area is 134 Å². The minimum absolute atomic E-state index is 0.0350. The van der Waals surface area contributed by atoms with E-state index in [1.54, 1.807) is 0 Å². The van der Waals surface area contributed by atoms with Crippen LogP contribution in [0.2, 0.25) is 0 Å². The molecule has 4 rings (SSSR count). The molecule has 6 nitrogen and oxygen atoms in total. The summed E-state index contributed by atoms with van der Waals surface area (Å²) >= 11 is 0. The highest BCUT2D eigenvalue weighted by Gasteiger charge is 2.52. The first kappa shape index (κ1) is 15.1. The number of rotatable bonds is 4. The number of hydrogen-bond donors (Lipinski definition) is 2. The molecule has 1 aromatic carbocycles. The van der Waals surface area contributed by atoms with Gasteiger partial charge in [-0.2, -0.15) is 18.4 Å². The molecule has 2 aliphatic rings. The van der Waals surface area contributed by atoms with Crippen LogP contribution in [0, 0.1) is 5.92 Å². The molecule has 0 aliphatic heterocycles. The number of aromatic amines is 1. The number of H-pyrrole nitrogens is 1. The molecule has 24 heavy (non-hydrogen) atoms. The highest BCUT2D eigenvalue weighted by atomic mass is 19.4. The summed E-state index contributed by atoms with van der Waals surface area (Å²) < 4.78 is 37.9. The fourth-order valence-corrected chi connectivity index (χ4v) is 3.01. The Balaban J connectivity index is 1.44. The van der Waals surface area contributed by atoms with Gasteiger partial charge in [-0.15, -0.1) is 10.2 Å². The number of aromatic nitrogens is 4. The van der Waals surface area contributed by atoms with Crippen LogP contribution in [-0.2, 0) is 16.5 Å². The van der Waals surface area contributed by atoms with Gasteiger partial charge >= 0.3 is 6.18 Å². The van der Waals surface area contributed by atoms with Gasteiger partial charge in [0, 0.05) is 11.8 Å². The van der Waals surface area contributed by atoms with Crippen molar-refractivity contribution in [2.24, 2.45) is 5.92 Å². The van der Waals surface area contributed by atoms with Gasteiger partial charge in [0.25, 0.3) is 0 Å². The third-order valence-electron chi connectivity index (χ3n) is 4.70. The standard InChI is InChI=1S/C15H14F3N5O/c16-15(17,18)9-3-1-8(2-4-9)14(5-6-14)19-13(24)11-7-10(11)12-20-22-23-21-12/h1-4,10-11H,5-7H2,(H,19,24)(H,20,21,22,23)/t10-,11+/m0/s1. The van der Waals surface area contributed by atoms with Gasteiger partial charge in [0.15, 0.2) is 5.82 Å². The van der Waals surface area contributed by atoms with Crippen LogP contribution in [0.15, 0.2) is 24.3 Å². The van der Waals surface area contributed by atoms with Gasteiger partial charge in [-0.3, -0.25) is 4.79 Å². The van der Waals surface area contributed by atoms with E-state index in [0.29, 0.717) is 17.8 Å². The Morgan fingerprint density at radius 3 is 2.50 bits per heavy atom. The van der Waals surface area contributed by atoms with Crippen molar-refractivity contribution in [1.82, 2.24) is 25.9 Å². The number of halogens is 3. The van der Waals surface area contributed by atoms with E-state index in [4.69, 9.17) is 0 Å². The molecule has 2 aliphatic carbocycles. The van der Waals surface area contributed by atoms with E-state index in [2.05, 4.69) is 25.9 Å². The molecular weight excluding hydrogens is 323 g/mol. The first-order valence-electron chi connectivity index (χ1n) is 7.62. The normalized spacial score (nSPS) is 24.5. The minimum atomic E-state index is -4.36. The Bertz CT molecular complexity index is 752. The topological polar surface area (TPSA) is 83.6 Å². The van der Waals surface area contributed by atoms with Crippen molar-refractivity contribution in [3.63, 3.8) is 0 Å². The number of carbonyl (C=O) groups excluding carboxylic acids is 1. The van der Waals surface area contributed by atoms with E-state index in [-0.39, 0.29) is 17.7 Å². The third kappa shape index (κ3) is 2.63. The SMILES string of the molecule is O=C(NC1(c2ccc(C(F)(F)F)cc2)CC1)[C@@H]1C[C@@H]1c1nn[nH]n1. The first-order valence-corrected chi connectivity index (χ1v) is 7.62. The van der Waals surface area contributed by atoms with Crippen molar-refractivity contribution in [1.29, 1.82) is 0 Å². The van der Waals surface area contributed by atoms with Crippen molar-refractivity contribution >= 4 is 5.91 Å². The average Bonchev–Trinajstić information content (AvgIpc) is 3.45. The van der Waals surface area contributed by atoms with Gasteiger partial charge in [0.1, 0.15) is 0 Å². The molecule has 0 radical (unpaired) electrons. The molecule has 2 saturated carbocycles. The zero-order chi connectivity index (χ0) is 16.9. The van der Waals surface area contributed by atoms with Gasteiger partial charge < -0.3 is 5.32 Å². The Morgan fingerprint density at radius 2 is 1.96 bits per heavy atom. The average molecular weight is 337 g/mol. The van der Waals surface area contributed by atoms with Gasteiger partial charge in [-0.1, -0.05) is 17.3 Å². The fourth-order valence-electron chi connectivity index (χ4n) is 3.01. The van der Waals surface area contributed by atoms with Crippen LogP contribution in [0.25, 0.3) is 0 Å². The summed E-state index contributed by atoms with van der Waals surface area (Å²) in [7, 11) is 0. The maximum atomic E-state index is 12.6. The Hall–Kier alpha value is -2.45. The molecule has 0 spiro atoms. The minimum Gasteiger partial charge on any atom is -0.346 e. The van der Waals surface area contributed by atoms with Crippen molar-refractivity contribution in [3.8, 4) is 0 Å². The number of carbonyl (C=O) groups is 1. The second kappa shape index (κ2) is 5.02. The molecule has 2 atom stereocenters. The molecule has 0 unspecified atom stereocenters. The summed E-state index contributed by atoms with van der Waals surface area (Å²) in [5.74, 6) is 0.179. The van der Waals surface area contributed by atoms with Crippen molar-refractivity contribution in [2.45, 2.75) is 36.9 Å². The monoisotopic (exact) mass is 337 g/mol. The summed E-state index contributed by atoms with van der Waals surface area (Å²) in [5, 5.41) is 16.6. The molecule has 1 amide bonds. The molecule has 2 aromatic rings. The van der Waals surface area contributed by atoms with Gasteiger partial charge in [0.2, 0.25) is 5.91 Å². The van der Waals surface area contributed by atoms with Crippen LogP contribution in [0.3, 0.4) is 0 Å². The van der Waals surface area contributed by atoms with Crippen LogP contribution in [0.1, 0.15) is 42.1 Å². The Morgan fingerprint density at radius 1 is 1.25 bits per heavy atom. The molecule has 2 fully saturated rings. The van der Waals surface area contributed by atoms with E-state index in [1.807, 2.05) is 0 Å². The predicted octanol–water partition coefficient (Wildman–Crippen LogP) is 2.13. The van der Waals surface area contributed by atoms with Gasteiger partial charge in [-0.05, 0) is 37.0 Å². The van der Waals surface area contributed by atoms with E-state index in [0.717, 1.165) is 25.0 Å². The van der Waals surface area contributed by atoms with E-state index in [1.165, 1.54) is 12.1 Å². The van der Waals surface area contributed by atoms with Gasteiger partial charge in [-0.25, -0.2) is 0 Å². The highest BCUT2D eigenvalue weighted by Crippen LogP contribution is 2.50. The summed E-state index contributed by atoms with van der Waals surface area (Å²) in [6, 6.07) is 5.00. The molecule has 126 valence electrons. The molecule has 1 aromatic heterocycles. The second-order valence-corrected chi connectivity index (χ2v) is 6.37. The van der Waals surface area contributed by atoms with Crippen molar-refractivity contribution in [3.05, 3.63) is 41.2 Å². The zero-order valence-corrected chi connectivity index (χ0v) is 12.5. The molecule has 0 saturated heterocycles. The molecule has 2 N–H and O–H groups in total. The number of nitrogens with one attached hydrogen (secondary N) is 2. The Kier molecular flexibility index (Phi) is 3.16. The largest absolute Gasteiger partial charge is 0.416 e.